The van der Waals surface area contributed by atoms with Gasteiger partial charge in [0, 0.05) is 13.2 Å². The van der Waals surface area contributed by atoms with Crippen LogP contribution in [0.15, 0.2) is 12.0 Å². The van der Waals surface area contributed by atoms with Crippen molar-refractivity contribution in [1.29, 1.82) is 0 Å². The zero-order valence-corrected chi connectivity index (χ0v) is 10.5. The first-order valence-corrected chi connectivity index (χ1v) is 5.89. The van der Waals surface area contributed by atoms with Gasteiger partial charge in [-0.25, -0.2) is 0 Å². The molecule has 5 heteroatoms. The Morgan fingerprint density at radius 3 is 2.88 bits per heavy atom. The summed E-state index contributed by atoms with van der Waals surface area (Å²) in [5.41, 5.74) is -0.0333. The van der Waals surface area contributed by atoms with Crippen molar-refractivity contribution < 1.29 is 19.4 Å². The van der Waals surface area contributed by atoms with Gasteiger partial charge in [0.25, 0.3) is 5.91 Å². The predicted molar refractivity (Wildman–Crippen MR) is 63.1 cm³/mol. The van der Waals surface area contributed by atoms with Gasteiger partial charge in [-0.05, 0) is 18.3 Å². The molecule has 0 saturated carbocycles. The Kier molecular flexibility index (Phi) is 5.28. The fraction of sp³-hybridized carbons (Fsp3) is 0.750. The molecule has 5 nitrogen and oxygen atoms in total. The molecule has 0 radical (unpaired) electrons. The van der Waals surface area contributed by atoms with Gasteiger partial charge in [-0.1, -0.05) is 13.8 Å². The first-order valence-electron chi connectivity index (χ1n) is 5.89. The van der Waals surface area contributed by atoms with Gasteiger partial charge in [-0.15, -0.1) is 0 Å². The molecule has 0 atom stereocenters. The minimum Gasteiger partial charge on any atom is -0.494 e. The molecular formula is C12H21NO4. The SMILES string of the molecule is CC(C)(CCCO)CNC(=O)C1=COCCO1. The smallest absolute Gasteiger partial charge is 0.289 e. The first kappa shape index (κ1) is 13.8. The van der Waals surface area contributed by atoms with Crippen molar-refractivity contribution in [2.45, 2.75) is 26.7 Å². The number of hydrogen-bond donors (Lipinski definition) is 2. The Labute approximate surface area is 102 Å². The summed E-state index contributed by atoms with van der Waals surface area (Å²) in [5, 5.41) is 11.6. The molecule has 0 saturated heterocycles. The average molecular weight is 243 g/mol. The van der Waals surface area contributed by atoms with Gasteiger partial charge >= 0.3 is 0 Å². The Bertz CT molecular complexity index is 286. The largest absolute Gasteiger partial charge is 0.494 e. The van der Waals surface area contributed by atoms with Gasteiger partial charge in [0.1, 0.15) is 19.5 Å². The molecule has 0 unspecified atom stereocenters. The van der Waals surface area contributed by atoms with Gasteiger partial charge < -0.3 is 19.9 Å². The maximum atomic E-state index is 11.7. The summed E-state index contributed by atoms with van der Waals surface area (Å²) in [6.07, 6.45) is 2.95. The van der Waals surface area contributed by atoms with E-state index in [9.17, 15) is 4.79 Å². The first-order chi connectivity index (χ1) is 8.05. The van der Waals surface area contributed by atoms with Crippen molar-refractivity contribution in [2.75, 3.05) is 26.4 Å². The number of carbonyl (C=O) groups is 1. The second-order valence-corrected chi connectivity index (χ2v) is 4.88. The summed E-state index contributed by atoms with van der Waals surface area (Å²) < 4.78 is 10.2. The lowest BCUT2D eigenvalue weighted by Gasteiger charge is -2.25. The van der Waals surface area contributed by atoms with Crippen LogP contribution < -0.4 is 5.32 Å². The topological polar surface area (TPSA) is 67.8 Å². The predicted octanol–water partition coefficient (Wildman–Crippen LogP) is 0.789. The zero-order valence-electron chi connectivity index (χ0n) is 10.5. The van der Waals surface area contributed by atoms with E-state index >= 15 is 0 Å². The molecule has 1 amide bonds. The maximum absolute atomic E-state index is 11.7. The second kappa shape index (κ2) is 6.49. The van der Waals surface area contributed by atoms with Crippen LogP contribution in [0.1, 0.15) is 26.7 Å². The monoisotopic (exact) mass is 243 g/mol. The number of aliphatic hydroxyl groups excluding tert-OH is 1. The normalized spacial score (nSPS) is 15.6. The van der Waals surface area contributed by atoms with Gasteiger partial charge in [-0.3, -0.25) is 4.79 Å². The fourth-order valence-corrected chi connectivity index (χ4v) is 1.54. The van der Waals surface area contributed by atoms with Gasteiger partial charge in [0.05, 0.1) is 0 Å². The van der Waals surface area contributed by atoms with Crippen LogP contribution >= 0.6 is 0 Å². The lowest BCUT2D eigenvalue weighted by molar-refractivity contribution is -0.122. The standard InChI is InChI=1S/C12H21NO4/c1-12(2,4-3-5-14)9-13-11(15)10-8-16-6-7-17-10/h8,14H,3-7,9H2,1-2H3,(H,13,15). The van der Waals surface area contributed by atoms with E-state index in [4.69, 9.17) is 14.6 Å². The van der Waals surface area contributed by atoms with Crippen LogP contribution in [0, 0.1) is 5.41 Å². The van der Waals surface area contributed by atoms with Crippen LogP contribution in [0.4, 0.5) is 0 Å². The number of aliphatic hydroxyl groups is 1. The van der Waals surface area contributed by atoms with Crippen LogP contribution in [0.5, 0.6) is 0 Å². The second-order valence-electron chi connectivity index (χ2n) is 4.88. The lowest BCUT2D eigenvalue weighted by Crippen LogP contribution is -2.36. The summed E-state index contributed by atoms with van der Waals surface area (Å²) >= 11 is 0. The molecule has 0 aromatic heterocycles. The molecule has 1 aliphatic rings. The molecule has 0 spiro atoms. The molecular weight excluding hydrogens is 222 g/mol. The summed E-state index contributed by atoms with van der Waals surface area (Å²) in [6, 6.07) is 0. The highest BCUT2D eigenvalue weighted by atomic mass is 16.6. The third-order valence-corrected chi connectivity index (χ3v) is 2.61. The number of amides is 1. The van der Waals surface area contributed by atoms with Crippen LogP contribution in [0.25, 0.3) is 0 Å². The van der Waals surface area contributed by atoms with E-state index in [1.165, 1.54) is 6.26 Å². The molecule has 1 aliphatic heterocycles. The number of rotatable bonds is 6. The van der Waals surface area contributed by atoms with Crippen molar-refractivity contribution in [3.05, 3.63) is 12.0 Å². The van der Waals surface area contributed by atoms with E-state index in [1.54, 1.807) is 0 Å². The molecule has 0 aromatic carbocycles. The van der Waals surface area contributed by atoms with Crippen molar-refractivity contribution in [2.24, 2.45) is 5.41 Å². The third kappa shape index (κ3) is 5.08. The van der Waals surface area contributed by atoms with E-state index in [1.807, 2.05) is 0 Å². The fourth-order valence-electron chi connectivity index (χ4n) is 1.54. The highest BCUT2D eigenvalue weighted by molar-refractivity contribution is 5.91. The van der Waals surface area contributed by atoms with Crippen LogP contribution in [0.2, 0.25) is 0 Å². The molecule has 0 aromatic rings. The summed E-state index contributed by atoms with van der Waals surface area (Å²) in [4.78, 5) is 11.7. The molecule has 0 bridgehead atoms. The average Bonchev–Trinajstić information content (AvgIpc) is 2.35. The molecule has 1 heterocycles. The molecule has 98 valence electrons. The molecule has 17 heavy (non-hydrogen) atoms. The lowest BCUT2D eigenvalue weighted by atomic mass is 9.88. The summed E-state index contributed by atoms with van der Waals surface area (Å²) in [5.74, 6) is -0.0176. The summed E-state index contributed by atoms with van der Waals surface area (Å²) in [6.45, 7) is 5.73. The van der Waals surface area contributed by atoms with Crippen molar-refractivity contribution in [3.63, 3.8) is 0 Å². The van der Waals surface area contributed by atoms with Crippen LogP contribution in [0.3, 0.4) is 0 Å². The van der Waals surface area contributed by atoms with Gasteiger partial charge in [-0.2, -0.15) is 0 Å². The molecule has 1 rings (SSSR count). The Morgan fingerprint density at radius 1 is 1.53 bits per heavy atom. The van der Waals surface area contributed by atoms with Crippen molar-refractivity contribution in [3.8, 4) is 0 Å². The summed E-state index contributed by atoms with van der Waals surface area (Å²) in [7, 11) is 0. The zero-order chi connectivity index (χ0) is 12.7. The van der Waals surface area contributed by atoms with Crippen molar-refractivity contribution >= 4 is 5.91 Å². The Morgan fingerprint density at radius 2 is 2.29 bits per heavy atom. The van der Waals surface area contributed by atoms with Crippen molar-refractivity contribution in [1.82, 2.24) is 5.32 Å². The molecule has 2 N–H and O–H groups in total. The minimum atomic E-state index is -0.248. The molecule has 0 aliphatic carbocycles. The molecule has 0 fully saturated rings. The quantitative estimate of drug-likeness (QED) is 0.723. The third-order valence-electron chi connectivity index (χ3n) is 2.61. The van der Waals surface area contributed by atoms with E-state index in [0.717, 1.165) is 12.8 Å². The number of hydrogen-bond acceptors (Lipinski definition) is 4. The van der Waals surface area contributed by atoms with E-state index in [-0.39, 0.29) is 23.7 Å². The van der Waals surface area contributed by atoms with Gasteiger partial charge in [0.15, 0.2) is 0 Å². The number of ether oxygens (including phenoxy) is 2. The number of carbonyl (C=O) groups excluding carboxylic acids is 1. The maximum Gasteiger partial charge on any atom is 0.289 e. The van der Waals surface area contributed by atoms with E-state index < -0.39 is 0 Å². The Balaban J connectivity index is 2.34. The van der Waals surface area contributed by atoms with E-state index in [0.29, 0.717) is 19.8 Å². The van der Waals surface area contributed by atoms with Gasteiger partial charge in [0.2, 0.25) is 5.76 Å². The highest BCUT2D eigenvalue weighted by Gasteiger charge is 2.21. The van der Waals surface area contributed by atoms with E-state index in [2.05, 4.69) is 19.2 Å². The Hall–Kier alpha value is -1.23. The minimum absolute atomic E-state index is 0.0333. The highest BCUT2D eigenvalue weighted by Crippen LogP contribution is 2.20. The number of nitrogens with one attached hydrogen (secondary N) is 1. The van der Waals surface area contributed by atoms with Crippen LogP contribution in [-0.2, 0) is 14.3 Å². The van der Waals surface area contributed by atoms with Crippen LogP contribution in [-0.4, -0.2) is 37.4 Å².